The first kappa shape index (κ1) is 11.3. The second-order valence-electron chi connectivity index (χ2n) is 3.31. The third kappa shape index (κ3) is 2.48. The van der Waals surface area contributed by atoms with Crippen molar-refractivity contribution in [3.8, 4) is 0 Å². The van der Waals surface area contributed by atoms with E-state index in [0.29, 0.717) is 17.5 Å². The summed E-state index contributed by atoms with van der Waals surface area (Å²) >= 11 is 7.58. The van der Waals surface area contributed by atoms with Gasteiger partial charge in [-0.2, -0.15) is 0 Å². The molecule has 0 aliphatic carbocycles. The number of rotatable bonds is 3. The minimum Gasteiger partial charge on any atom is -0.361 e. The van der Waals surface area contributed by atoms with Gasteiger partial charge in [0.2, 0.25) is 0 Å². The van der Waals surface area contributed by atoms with Crippen LogP contribution in [0.25, 0.3) is 0 Å². The lowest BCUT2D eigenvalue weighted by molar-refractivity contribution is 1.01. The van der Waals surface area contributed by atoms with Crippen LogP contribution in [-0.2, 0) is 6.54 Å². The van der Waals surface area contributed by atoms with Gasteiger partial charge in [0.15, 0.2) is 11.0 Å². The van der Waals surface area contributed by atoms with E-state index >= 15 is 0 Å². The number of thiazole rings is 1. The minimum absolute atomic E-state index is 0.402. The van der Waals surface area contributed by atoms with Crippen LogP contribution in [0, 0.1) is 13.8 Å². The largest absolute Gasteiger partial charge is 0.361 e. The number of nitrogens with zero attached hydrogens (tertiary/aromatic N) is 3. The summed E-state index contributed by atoms with van der Waals surface area (Å²) in [4.78, 5) is 12.7. The zero-order valence-electron chi connectivity index (χ0n) is 8.99. The molecule has 0 aliphatic rings. The summed E-state index contributed by atoms with van der Waals surface area (Å²) in [7, 11) is 0. The quantitative estimate of drug-likeness (QED) is 0.915. The molecule has 0 saturated heterocycles. The molecule has 16 heavy (non-hydrogen) atoms. The average Bonchev–Trinajstić information content (AvgIpc) is 2.74. The van der Waals surface area contributed by atoms with Crippen LogP contribution in [0.1, 0.15) is 16.4 Å². The molecule has 2 rings (SSSR count). The van der Waals surface area contributed by atoms with Crippen LogP contribution in [-0.4, -0.2) is 15.0 Å². The Bertz CT molecular complexity index is 484. The van der Waals surface area contributed by atoms with Crippen molar-refractivity contribution < 1.29 is 0 Å². The SMILES string of the molecule is Cc1nc(Cl)c(NCc2nccs2)nc1C. The predicted molar refractivity (Wildman–Crippen MR) is 66.0 cm³/mol. The maximum atomic E-state index is 5.99. The van der Waals surface area contributed by atoms with E-state index in [0.717, 1.165) is 16.4 Å². The van der Waals surface area contributed by atoms with Crippen molar-refractivity contribution in [2.45, 2.75) is 20.4 Å². The molecule has 2 heterocycles. The van der Waals surface area contributed by atoms with Crippen LogP contribution < -0.4 is 5.32 Å². The number of aryl methyl sites for hydroxylation is 2. The van der Waals surface area contributed by atoms with Crippen molar-refractivity contribution in [1.82, 2.24) is 15.0 Å². The number of halogens is 1. The molecule has 0 aliphatic heterocycles. The van der Waals surface area contributed by atoms with Crippen LogP contribution in [0.15, 0.2) is 11.6 Å². The fourth-order valence-corrected chi connectivity index (χ4v) is 1.98. The second-order valence-corrected chi connectivity index (χ2v) is 4.65. The molecular weight excluding hydrogens is 244 g/mol. The molecule has 84 valence electrons. The van der Waals surface area contributed by atoms with Gasteiger partial charge in [0.1, 0.15) is 5.01 Å². The summed E-state index contributed by atoms with van der Waals surface area (Å²) in [6, 6.07) is 0. The molecule has 0 bridgehead atoms. The Balaban J connectivity index is 2.12. The van der Waals surface area contributed by atoms with Crippen LogP contribution in [0.4, 0.5) is 5.82 Å². The van der Waals surface area contributed by atoms with Gasteiger partial charge in [-0.25, -0.2) is 15.0 Å². The van der Waals surface area contributed by atoms with Gasteiger partial charge in [-0.1, -0.05) is 11.6 Å². The van der Waals surface area contributed by atoms with Gasteiger partial charge in [-0.3, -0.25) is 0 Å². The molecule has 2 aromatic heterocycles. The Hall–Kier alpha value is -1.20. The fraction of sp³-hybridized carbons (Fsp3) is 0.300. The molecule has 0 radical (unpaired) electrons. The van der Waals surface area contributed by atoms with E-state index in [9.17, 15) is 0 Å². The highest BCUT2D eigenvalue weighted by molar-refractivity contribution is 7.09. The van der Waals surface area contributed by atoms with Gasteiger partial charge in [0.05, 0.1) is 17.9 Å². The molecule has 4 nitrogen and oxygen atoms in total. The number of nitrogens with one attached hydrogen (secondary N) is 1. The zero-order valence-corrected chi connectivity index (χ0v) is 10.6. The first-order valence-corrected chi connectivity index (χ1v) is 6.05. The molecule has 0 atom stereocenters. The first-order valence-electron chi connectivity index (χ1n) is 4.80. The Morgan fingerprint density at radius 2 is 2.06 bits per heavy atom. The summed E-state index contributed by atoms with van der Waals surface area (Å²) in [6.07, 6.45) is 1.77. The first-order chi connectivity index (χ1) is 7.66. The maximum absolute atomic E-state index is 5.99. The average molecular weight is 255 g/mol. The number of aromatic nitrogens is 3. The van der Waals surface area contributed by atoms with Crippen LogP contribution in [0.3, 0.4) is 0 Å². The van der Waals surface area contributed by atoms with Crippen LogP contribution in [0.2, 0.25) is 5.15 Å². The van der Waals surface area contributed by atoms with E-state index in [1.807, 2.05) is 19.2 Å². The van der Waals surface area contributed by atoms with E-state index < -0.39 is 0 Å². The normalized spacial score (nSPS) is 10.4. The molecule has 0 unspecified atom stereocenters. The third-order valence-corrected chi connectivity index (χ3v) is 3.20. The van der Waals surface area contributed by atoms with Crippen molar-refractivity contribution in [3.63, 3.8) is 0 Å². The van der Waals surface area contributed by atoms with E-state index in [2.05, 4.69) is 20.3 Å². The van der Waals surface area contributed by atoms with Gasteiger partial charge in [-0.15, -0.1) is 11.3 Å². The van der Waals surface area contributed by atoms with E-state index in [1.165, 1.54) is 0 Å². The van der Waals surface area contributed by atoms with Crippen LogP contribution >= 0.6 is 22.9 Å². The maximum Gasteiger partial charge on any atom is 0.171 e. The molecule has 0 fully saturated rings. The van der Waals surface area contributed by atoms with Crippen molar-refractivity contribution in [3.05, 3.63) is 33.1 Å². The van der Waals surface area contributed by atoms with Crippen molar-refractivity contribution in [1.29, 1.82) is 0 Å². The summed E-state index contributed by atoms with van der Waals surface area (Å²) in [5.41, 5.74) is 1.73. The molecule has 6 heteroatoms. The number of hydrogen-bond donors (Lipinski definition) is 1. The topological polar surface area (TPSA) is 50.7 Å². The molecule has 0 saturated carbocycles. The van der Waals surface area contributed by atoms with Gasteiger partial charge >= 0.3 is 0 Å². The Labute approximate surface area is 103 Å². The summed E-state index contributed by atoms with van der Waals surface area (Å²) in [5, 5.41) is 6.46. The Morgan fingerprint density at radius 1 is 1.31 bits per heavy atom. The zero-order chi connectivity index (χ0) is 11.5. The highest BCUT2D eigenvalue weighted by atomic mass is 35.5. The summed E-state index contributed by atoms with van der Waals surface area (Å²) in [6.45, 7) is 4.42. The lowest BCUT2D eigenvalue weighted by atomic mass is 10.3. The minimum atomic E-state index is 0.402. The van der Waals surface area contributed by atoms with E-state index in [4.69, 9.17) is 11.6 Å². The summed E-state index contributed by atoms with van der Waals surface area (Å²) in [5.74, 6) is 0.611. The lowest BCUT2D eigenvalue weighted by Gasteiger charge is -2.07. The smallest absolute Gasteiger partial charge is 0.171 e. The third-order valence-electron chi connectivity index (χ3n) is 2.15. The molecular formula is C10H11ClN4S. The number of hydrogen-bond acceptors (Lipinski definition) is 5. The molecule has 0 aromatic carbocycles. The summed E-state index contributed by atoms with van der Waals surface area (Å²) < 4.78 is 0. The molecule has 0 amide bonds. The highest BCUT2D eigenvalue weighted by Gasteiger charge is 2.06. The van der Waals surface area contributed by atoms with Crippen molar-refractivity contribution >= 4 is 28.8 Å². The Morgan fingerprint density at radius 3 is 2.75 bits per heavy atom. The molecule has 1 N–H and O–H groups in total. The lowest BCUT2D eigenvalue weighted by Crippen LogP contribution is -2.05. The van der Waals surface area contributed by atoms with Gasteiger partial charge in [0, 0.05) is 11.6 Å². The van der Waals surface area contributed by atoms with Gasteiger partial charge < -0.3 is 5.32 Å². The van der Waals surface area contributed by atoms with Crippen molar-refractivity contribution in [2.75, 3.05) is 5.32 Å². The Kier molecular flexibility index (Phi) is 3.36. The van der Waals surface area contributed by atoms with Crippen LogP contribution in [0.5, 0.6) is 0 Å². The second kappa shape index (κ2) is 4.76. The van der Waals surface area contributed by atoms with Gasteiger partial charge in [0.25, 0.3) is 0 Å². The van der Waals surface area contributed by atoms with E-state index in [1.54, 1.807) is 17.5 Å². The van der Waals surface area contributed by atoms with Gasteiger partial charge in [-0.05, 0) is 13.8 Å². The highest BCUT2D eigenvalue weighted by Crippen LogP contribution is 2.19. The standard InChI is InChI=1S/C10H11ClN4S/c1-6-7(2)15-10(9(11)14-6)13-5-8-12-3-4-16-8/h3-4H,5H2,1-2H3,(H,13,15). The molecule has 0 spiro atoms. The molecule has 2 aromatic rings. The fourth-order valence-electron chi connectivity index (χ4n) is 1.19. The van der Waals surface area contributed by atoms with E-state index in [-0.39, 0.29) is 0 Å². The number of anilines is 1. The monoisotopic (exact) mass is 254 g/mol. The van der Waals surface area contributed by atoms with Crippen molar-refractivity contribution in [2.24, 2.45) is 0 Å². The predicted octanol–water partition coefficient (Wildman–Crippen LogP) is 2.82.